The van der Waals surface area contributed by atoms with Crippen LogP contribution in [0.4, 0.5) is 0 Å². The zero-order valence-corrected chi connectivity index (χ0v) is 57.4. The normalized spacial score (nSPS) is 12.0. The summed E-state index contributed by atoms with van der Waals surface area (Å²) in [6, 6.07) is 42.7. The van der Waals surface area contributed by atoms with Gasteiger partial charge in [0.2, 0.25) is 0 Å². The van der Waals surface area contributed by atoms with E-state index >= 15 is 0 Å². The van der Waals surface area contributed by atoms with Gasteiger partial charge in [-0.25, -0.2) is 24.4 Å². The molecule has 0 amide bonds. The van der Waals surface area contributed by atoms with E-state index in [-0.39, 0.29) is 84.1 Å². The van der Waals surface area contributed by atoms with Crippen molar-refractivity contribution in [1.29, 1.82) is 5.26 Å². The van der Waals surface area contributed by atoms with Crippen LogP contribution in [0.1, 0.15) is 87.0 Å². The summed E-state index contributed by atoms with van der Waals surface area (Å²) in [5, 5.41) is 9.61. The van der Waals surface area contributed by atoms with Gasteiger partial charge in [0.15, 0.2) is 0 Å². The van der Waals surface area contributed by atoms with E-state index in [1.807, 2.05) is 107 Å². The Morgan fingerprint density at radius 3 is 1.55 bits per heavy atom. The molecule has 0 spiro atoms. The lowest BCUT2D eigenvalue weighted by molar-refractivity contribution is -0.147. The molecule has 512 valence electrons. The van der Waals surface area contributed by atoms with Crippen LogP contribution in [0.15, 0.2) is 149 Å². The number of nitriles is 1. The van der Waals surface area contributed by atoms with Crippen LogP contribution in [0, 0.1) is 23.2 Å². The number of rotatable bonds is 36. The summed E-state index contributed by atoms with van der Waals surface area (Å²) in [6.45, 7) is 7.52. The molecule has 7 rings (SSSR count). The standard InChI is InChI=1S/C72H84N9O15P/c1-51(2)81(52(3)4)97(95-40-20-37-73)96-61(50-94-72(54-22-15-13-16-23-54,55-28-32-59(88-5)33-29-55)56-30-34-60(89-6)35-31-56)45-79-39-36-66(82)80(71(79)87)38-17-12-11-14-21-53-41-64(62-26-18-24-57(74-62)43-77(46-67(83)90-7)47-68(84)91-8)76-65(42-53)63-27-19-25-58(75-63)44-78(48-69(85)92-9)49-70(86)93-10/h13,15-16,18-19,22-36,39,41-42,51-52,61H,11-12,17,20,38,40,43-50H2,1-10H3. The Bertz CT molecular complexity index is 3770. The van der Waals surface area contributed by atoms with Crippen LogP contribution in [-0.2, 0) is 83.7 Å². The first-order chi connectivity index (χ1) is 46.8. The number of hydrogen-bond acceptors (Lipinski definition) is 22. The smallest absolute Gasteiger partial charge is 0.331 e. The van der Waals surface area contributed by atoms with Crippen molar-refractivity contribution < 1.29 is 61.4 Å². The van der Waals surface area contributed by atoms with Gasteiger partial charge in [0.25, 0.3) is 14.1 Å². The third kappa shape index (κ3) is 21.5. The molecule has 0 aliphatic rings. The molecule has 3 aromatic carbocycles. The topological polar surface area (TPSA) is 268 Å². The van der Waals surface area contributed by atoms with E-state index in [0.29, 0.717) is 70.5 Å². The van der Waals surface area contributed by atoms with E-state index in [0.717, 1.165) is 16.7 Å². The highest BCUT2D eigenvalue weighted by atomic mass is 31.2. The lowest BCUT2D eigenvalue weighted by Gasteiger charge is -2.39. The minimum atomic E-state index is -1.87. The fourth-order valence-electron chi connectivity index (χ4n) is 10.7. The maximum Gasteiger partial charge on any atom is 0.331 e. The molecular weight excluding hydrogens is 1260 g/mol. The number of aromatic nitrogens is 5. The zero-order chi connectivity index (χ0) is 69.9. The number of unbranched alkanes of at least 4 members (excludes halogenated alkanes) is 2. The number of ether oxygens (including phenoxy) is 7. The van der Waals surface area contributed by atoms with Crippen molar-refractivity contribution >= 4 is 32.4 Å². The number of nitrogens with zero attached hydrogens (tertiary/aromatic N) is 9. The van der Waals surface area contributed by atoms with Crippen LogP contribution in [0.25, 0.3) is 22.8 Å². The molecule has 0 saturated carbocycles. The van der Waals surface area contributed by atoms with Crippen molar-refractivity contribution in [2.75, 3.05) is 82.1 Å². The van der Waals surface area contributed by atoms with E-state index in [1.54, 1.807) is 72.6 Å². The van der Waals surface area contributed by atoms with Gasteiger partial charge in [0.05, 0.1) is 135 Å². The first-order valence-electron chi connectivity index (χ1n) is 31.5. The van der Waals surface area contributed by atoms with E-state index in [1.165, 1.54) is 49.8 Å². The molecule has 0 fully saturated rings. The Morgan fingerprint density at radius 1 is 0.588 bits per heavy atom. The molecule has 0 aliphatic carbocycles. The number of pyridine rings is 3. The van der Waals surface area contributed by atoms with Crippen LogP contribution < -0.4 is 20.7 Å². The van der Waals surface area contributed by atoms with Crippen molar-refractivity contribution in [3.8, 4) is 52.2 Å². The third-order valence-electron chi connectivity index (χ3n) is 15.3. The van der Waals surface area contributed by atoms with Crippen LogP contribution >= 0.6 is 8.53 Å². The molecule has 24 nitrogen and oxygen atoms in total. The molecule has 0 radical (unpaired) electrons. The SMILES string of the molecule is COC(=O)CN(CC(=O)OC)Cc1cccc(-c2cc(C#CCCCCn3c(=O)ccn(CC(COC(c4ccccc4)(c4ccc(OC)cc4)c4ccc(OC)cc4)OP(OCCC#N)N(C(C)C)C(C)C)c3=O)cc(-c3cccc(CN(CC(=O)OC)CC(=O)OC)n3)n2)n1. The average Bonchev–Trinajstić information content (AvgIpc) is 0.758. The molecule has 4 aromatic heterocycles. The highest BCUT2D eigenvalue weighted by Gasteiger charge is 2.40. The second-order valence-electron chi connectivity index (χ2n) is 22.8. The summed E-state index contributed by atoms with van der Waals surface area (Å²) < 4.78 is 56.4. The lowest BCUT2D eigenvalue weighted by atomic mass is 9.80. The summed E-state index contributed by atoms with van der Waals surface area (Å²) in [4.78, 5) is 95.8. The van der Waals surface area contributed by atoms with Crippen molar-refractivity contribution in [3.63, 3.8) is 0 Å². The fraction of sp³-hybridized carbons (Fsp3) is 0.389. The molecular formula is C72H84N9O15P. The van der Waals surface area contributed by atoms with Crippen LogP contribution in [0.2, 0.25) is 0 Å². The minimum absolute atomic E-state index is 0.0514. The number of benzene rings is 3. The molecule has 25 heteroatoms. The van der Waals surface area contributed by atoms with E-state index in [4.69, 9.17) is 57.2 Å². The van der Waals surface area contributed by atoms with Gasteiger partial charge in [-0.3, -0.25) is 42.9 Å². The molecule has 0 N–H and O–H groups in total. The summed E-state index contributed by atoms with van der Waals surface area (Å²) in [5.74, 6) is 5.62. The van der Waals surface area contributed by atoms with Crippen LogP contribution in [0.5, 0.6) is 11.5 Å². The summed E-state index contributed by atoms with van der Waals surface area (Å²) in [7, 11) is 6.37. The summed E-state index contributed by atoms with van der Waals surface area (Å²) in [5.41, 5.74) is 3.37. The highest BCUT2D eigenvalue weighted by Crippen LogP contribution is 2.48. The Balaban J connectivity index is 1.19. The number of carbonyl (C=O) groups is 4. The number of esters is 4. The molecule has 7 aromatic rings. The maximum atomic E-state index is 14.7. The van der Waals surface area contributed by atoms with Gasteiger partial charge in [0, 0.05) is 56.0 Å². The molecule has 2 unspecified atom stereocenters. The third-order valence-corrected chi connectivity index (χ3v) is 17.5. The number of methoxy groups -OCH3 is 6. The minimum Gasteiger partial charge on any atom is -0.497 e. The van der Waals surface area contributed by atoms with E-state index in [2.05, 4.69) is 22.6 Å². The van der Waals surface area contributed by atoms with E-state index in [9.17, 15) is 34.0 Å². The molecule has 0 saturated heterocycles. The van der Waals surface area contributed by atoms with Gasteiger partial charge in [0.1, 0.15) is 23.2 Å². The maximum absolute atomic E-state index is 14.7. The van der Waals surface area contributed by atoms with Gasteiger partial charge < -0.3 is 42.2 Å². The molecule has 0 bridgehead atoms. The summed E-state index contributed by atoms with van der Waals surface area (Å²) >= 11 is 0. The predicted molar refractivity (Wildman–Crippen MR) is 363 cm³/mol. The summed E-state index contributed by atoms with van der Waals surface area (Å²) in [6.07, 6.45) is 1.97. The van der Waals surface area contributed by atoms with Gasteiger partial charge >= 0.3 is 29.6 Å². The predicted octanol–water partition coefficient (Wildman–Crippen LogP) is 8.73. The van der Waals surface area contributed by atoms with Gasteiger partial charge in [-0.2, -0.15) is 5.26 Å². The van der Waals surface area contributed by atoms with Gasteiger partial charge in [-0.05, 0) is 118 Å². The van der Waals surface area contributed by atoms with Gasteiger partial charge in [-0.1, -0.05) is 78.6 Å². The monoisotopic (exact) mass is 1350 g/mol. The first kappa shape index (κ1) is 74.9. The Hall–Kier alpha value is -9.49. The lowest BCUT2D eigenvalue weighted by Crippen LogP contribution is -2.43. The van der Waals surface area contributed by atoms with Crippen molar-refractivity contribution in [2.45, 2.75) is 103 Å². The average molecular weight is 1350 g/mol. The zero-order valence-electron chi connectivity index (χ0n) is 56.5. The second-order valence-corrected chi connectivity index (χ2v) is 24.2. The Morgan fingerprint density at radius 2 is 1.08 bits per heavy atom. The second kappa shape index (κ2) is 37.7. The Labute approximate surface area is 566 Å². The van der Waals surface area contributed by atoms with Crippen molar-refractivity contribution in [1.82, 2.24) is 38.6 Å². The molecule has 0 aliphatic heterocycles. The van der Waals surface area contributed by atoms with Crippen molar-refractivity contribution in [3.05, 3.63) is 194 Å². The molecule has 4 heterocycles. The largest absolute Gasteiger partial charge is 0.497 e. The van der Waals surface area contributed by atoms with E-state index < -0.39 is 55.4 Å². The fourth-order valence-corrected chi connectivity index (χ4v) is 12.4. The number of hydrogen-bond donors (Lipinski definition) is 0. The molecule has 2 atom stereocenters. The van der Waals surface area contributed by atoms with Crippen molar-refractivity contribution in [2.24, 2.45) is 0 Å². The number of carbonyl (C=O) groups excluding carboxylic acids is 4. The highest BCUT2D eigenvalue weighted by molar-refractivity contribution is 7.44. The quantitative estimate of drug-likeness (QED) is 0.00886. The van der Waals surface area contributed by atoms with Crippen LogP contribution in [0.3, 0.4) is 0 Å². The first-order valence-corrected chi connectivity index (χ1v) is 32.7. The van der Waals surface area contributed by atoms with Gasteiger partial charge in [-0.15, -0.1) is 0 Å². The Kier molecular flexibility index (Phi) is 29.1. The van der Waals surface area contributed by atoms with Crippen LogP contribution in [-0.4, -0.2) is 163 Å². The molecule has 97 heavy (non-hydrogen) atoms.